The Morgan fingerprint density at radius 1 is 0.720 bits per heavy atom. The summed E-state index contributed by atoms with van der Waals surface area (Å²) in [6.45, 7) is 5.13. The Balaban J connectivity index is 2.12. The van der Waals surface area contributed by atoms with Gasteiger partial charge in [-0.05, 0) is 60.9 Å². The second kappa shape index (κ2) is 7.84. The fourth-order valence-corrected chi connectivity index (χ4v) is 2.86. The van der Waals surface area contributed by atoms with Crippen LogP contribution in [0.15, 0.2) is 66.7 Å². The van der Waals surface area contributed by atoms with Crippen molar-refractivity contribution in [2.75, 3.05) is 13.2 Å². The SMILES string of the molecule is CCOc1ccc(-c2cccc(OCC)c2-c2ccc(F)cc2)cc1. The van der Waals surface area contributed by atoms with E-state index in [1.165, 1.54) is 12.1 Å². The molecule has 0 aromatic heterocycles. The Bertz CT molecular complexity index is 824. The monoisotopic (exact) mass is 336 g/mol. The van der Waals surface area contributed by atoms with Gasteiger partial charge in [0.25, 0.3) is 0 Å². The van der Waals surface area contributed by atoms with Crippen LogP contribution in [0.3, 0.4) is 0 Å². The molecule has 0 N–H and O–H groups in total. The second-order valence-corrected chi connectivity index (χ2v) is 5.58. The lowest BCUT2D eigenvalue weighted by Gasteiger charge is -2.16. The summed E-state index contributed by atoms with van der Waals surface area (Å²) in [4.78, 5) is 0. The predicted molar refractivity (Wildman–Crippen MR) is 99.6 cm³/mol. The molecular formula is C22H21FO2. The van der Waals surface area contributed by atoms with E-state index in [1.807, 2.05) is 50.2 Å². The summed E-state index contributed by atoms with van der Waals surface area (Å²) >= 11 is 0. The molecule has 0 atom stereocenters. The van der Waals surface area contributed by atoms with Crippen molar-refractivity contribution < 1.29 is 13.9 Å². The molecule has 0 fully saturated rings. The number of ether oxygens (including phenoxy) is 2. The highest BCUT2D eigenvalue weighted by Crippen LogP contribution is 2.39. The smallest absolute Gasteiger partial charge is 0.127 e. The van der Waals surface area contributed by atoms with Crippen molar-refractivity contribution in [3.05, 3.63) is 72.5 Å². The summed E-state index contributed by atoms with van der Waals surface area (Å²) in [7, 11) is 0. The van der Waals surface area contributed by atoms with Crippen LogP contribution in [0.4, 0.5) is 4.39 Å². The third-order valence-electron chi connectivity index (χ3n) is 3.94. The van der Waals surface area contributed by atoms with Crippen LogP contribution in [0, 0.1) is 5.82 Å². The summed E-state index contributed by atoms with van der Waals surface area (Å²) < 4.78 is 24.7. The molecule has 0 aliphatic carbocycles. The third-order valence-corrected chi connectivity index (χ3v) is 3.94. The standard InChI is InChI=1S/C22H21FO2/c1-3-24-19-14-10-16(11-15-19)20-6-5-7-21(25-4-2)22(20)17-8-12-18(23)13-9-17/h5-15H,3-4H2,1-2H3. The Kier molecular flexibility index (Phi) is 5.34. The van der Waals surface area contributed by atoms with E-state index in [2.05, 4.69) is 6.07 Å². The van der Waals surface area contributed by atoms with Gasteiger partial charge < -0.3 is 9.47 Å². The molecule has 0 spiro atoms. The van der Waals surface area contributed by atoms with Crippen molar-refractivity contribution in [1.29, 1.82) is 0 Å². The van der Waals surface area contributed by atoms with Gasteiger partial charge in [0.05, 0.1) is 13.2 Å². The number of halogens is 1. The minimum Gasteiger partial charge on any atom is -0.494 e. The lowest BCUT2D eigenvalue weighted by Crippen LogP contribution is -1.96. The van der Waals surface area contributed by atoms with Gasteiger partial charge in [-0.1, -0.05) is 36.4 Å². The molecule has 0 radical (unpaired) electrons. The number of hydrogen-bond acceptors (Lipinski definition) is 2. The van der Waals surface area contributed by atoms with Crippen LogP contribution in [-0.4, -0.2) is 13.2 Å². The average molecular weight is 336 g/mol. The molecule has 0 heterocycles. The lowest BCUT2D eigenvalue weighted by molar-refractivity contribution is 0.340. The van der Waals surface area contributed by atoms with Gasteiger partial charge in [0, 0.05) is 5.56 Å². The highest BCUT2D eigenvalue weighted by molar-refractivity contribution is 5.87. The molecule has 128 valence electrons. The lowest BCUT2D eigenvalue weighted by atomic mass is 9.93. The van der Waals surface area contributed by atoms with Gasteiger partial charge >= 0.3 is 0 Å². The van der Waals surface area contributed by atoms with E-state index < -0.39 is 0 Å². The molecule has 3 heteroatoms. The number of hydrogen-bond donors (Lipinski definition) is 0. The molecule has 3 rings (SSSR count). The van der Waals surface area contributed by atoms with Gasteiger partial charge in [-0.3, -0.25) is 0 Å². The summed E-state index contributed by atoms with van der Waals surface area (Å²) in [6, 6.07) is 20.5. The zero-order valence-electron chi connectivity index (χ0n) is 14.5. The van der Waals surface area contributed by atoms with Crippen molar-refractivity contribution in [3.8, 4) is 33.8 Å². The number of benzene rings is 3. The summed E-state index contributed by atoms with van der Waals surface area (Å²) in [5.41, 5.74) is 3.99. The van der Waals surface area contributed by atoms with E-state index in [0.29, 0.717) is 13.2 Å². The highest BCUT2D eigenvalue weighted by Gasteiger charge is 2.13. The van der Waals surface area contributed by atoms with E-state index in [4.69, 9.17) is 9.47 Å². The molecule has 3 aromatic carbocycles. The van der Waals surface area contributed by atoms with Crippen LogP contribution >= 0.6 is 0 Å². The first-order chi connectivity index (χ1) is 12.2. The van der Waals surface area contributed by atoms with Gasteiger partial charge in [0.15, 0.2) is 0 Å². The fraction of sp³-hybridized carbons (Fsp3) is 0.182. The molecular weight excluding hydrogens is 315 g/mol. The first-order valence-corrected chi connectivity index (χ1v) is 8.48. The van der Waals surface area contributed by atoms with Crippen LogP contribution in [-0.2, 0) is 0 Å². The van der Waals surface area contributed by atoms with Gasteiger partial charge in [-0.25, -0.2) is 4.39 Å². The summed E-state index contributed by atoms with van der Waals surface area (Å²) in [6.07, 6.45) is 0. The summed E-state index contributed by atoms with van der Waals surface area (Å²) in [5, 5.41) is 0. The normalized spacial score (nSPS) is 10.5. The maximum Gasteiger partial charge on any atom is 0.127 e. The fourth-order valence-electron chi connectivity index (χ4n) is 2.86. The molecule has 0 aliphatic rings. The second-order valence-electron chi connectivity index (χ2n) is 5.58. The first-order valence-electron chi connectivity index (χ1n) is 8.48. The molecule has 0 saturated carbocycles. The molecule has 0 bridgehead atoms. The molecule has 0 saturated heterocycles. The van der Waals surface area contributed by atoms with Gasteiger partial charge in [-0.2, -0.15) is 0 Å². The Hall–Kier alpha value is -2.81. The topological polar surface area (TPSA) is 18.5 Å². The van der Waals surface area contributed by atoms with Crippen LogP contribution in [0.5, 0.6) is 11.5 Å². The quantitative estimate of drug-likeness (QED) is 0.553. The summed E-state index contributed by atoms with van der Waals surface area (Å²) in [5.74, 6) is 1.39. The predicted octanol–water partition coefficient (Wildman–Crippen LogP) is 5.96. The van der Waals surface area contributed by atoms with Crippen molar-refractivity contribution in [2.24, 2.45) is 0 Å². The number of rotatable bonds is 6. The minimum atomic E-state index is -0.250. The maximum atomic E-state index is 13.3. The van der Waals surface area contributed by atoms with Crippen LogP contribution < -0.4 is 9.47 Å². The van der Waals surface area contributed by atoms with E-state index in [9.17, 15) is 4.39 Å². The van der Waals surface area contributed by atoms with E-state index >= 15 is 0 Å². The van der Waals surface area contributed by atoms with Gasteiger partial charge in [0.2, 0.25) is 0 Å². The molecule has 2 nitrogen and oxygen atoms in total. The van der Waals surface area contributed by atoms with E-state index in [1.54, 1.807) is 12.1 Å². The van der Waals surface area contributed by atoms with Crippen molar-refractivity contribution >= 4 is 0 Å². The highest BCUT2D eigenvalue weighted by atomic mass is 19.1. The molecule has 0 aliphatic heterocycles. The van der Waals surface area contributed by atoms with Gasteiger partial charge in [0.1, 0.15) is 17.3 Å². The van der Waals surface area contributed by atoms with Gasteiger partial charge in [-0.15, -0.1) is 0 Å². The maximum absolute atomic E-state index is 13.3. The average Bonchev–Trinajstić information content (AvgIpc) is 2.64. The molecule has 25 heavy (non-hydrogen) atoms. The van der Waals surface area contributed by atoms with E-state index in [0.717, 1.165) is 33.8 Å². The minimum absolute atomic E-state index is 0.250. The largest absolute Gasteiger partial charge is 0.494 e. The Labute approximate surface area is 147 Å². The third kappa shape index (κ3) is 3.82. The molecule has 0 amide bonds. The Morgan fingerprint density at radius 2 is 1.36 bits per heavy atom. The first kappa shape index (κ1) is 17.0. The Morgan fingerprint density at radius 3 is 2.00 bits per heavy atom. The van der Waals surface area contributed by atoms with Crippen molar-refractivity contribution in [1.82, 2.24) is 0 Å². The van der Waals surface area contributed by atoms with Crippen molar-refractivity contribution in [3.63, 3.8) is 0 Å². The van der Waals surface area contributed by atoms with E-state index in [-0.39, 0.29) is 5.82 Å². The molecule has 3 aromatic rings. The zero-order chi connectivity index (χ0) is 17.6. The van der Waals surface area contributed by atoms with Crippen LogP contribution in [0.25, 0.3) is 22.3 Å². The molecule has 0 unspecified atom stereocenters. The zero-order valence-corrected chi connectivity index (χ0v) is 14.5. The van der Waals surface area contributed by atoms with Crippen LogP contribution in [0.1, 0.15) is 13.8 Å². The van der Waals surface area contributed by atoms with Crippen LogP contribution in [0.2, 0.25) is 0 Å². The van der Waals surface area contributed by atoms with Crippen molar-refractivity contribution in [2.45, 2.75) is 13.8 Å².